The van der Waals surface area contributed by atoms with Crippen LogP contribution in [0.5, 0.6) is 5.75 Å². The maximum atomic E-state index is 14.1. The summed E-state index contributed by atoms with van der Waals surface area (Å²) in [7, 11) is 0. The first-order chi connectivity index (χ1) is 29.8. The molecular formula is C47H57N5O10S. The molecule has 0 spiro atoms. The van der Waals surface area contributed by atoms with E-state index in [9.17, 15) is 33.9 Å². The summed E-state index contributed by atoms with van der Waals surface area (Å²) in [5.74, 6) is -2.67. The van der Waals surface area contributed by atoms with Crippen molar-refractivity contribution < 1.29 is 48.1 Å². The summed E-state index contributed by atoms with van der Waals surface area (Å²) in [4.78, 5) is 76.9. The quantitative estimate of drug-likeness (QED) is 0.0431. The first kappa shape index (κ1) is 49.1. The van der Waals surface area contributed by atoms with Crippen LogP contribution in [0.3, 0.4) is 0 Å². The number of hydrogen-bond donors (Lipinski definition) is 6. The highest BCUT2D eigenvalue weighted by Crippen LogP contribution is 2.48. The molecule has 16 heteroatoms. The summed E-state index contributed by atoms with van der Waals surface area (Å²) >= 11 is 1.43. The van der Waals surface area contributed by atoms with Crippen molar-refractivity contribution in [2.24, 2.45) is 5.73 Å². The number of rotatable bonds is 19. The maximum Gasteiger partial charge on any atom is 0.413 e. The van der Waals surface area contributed by atoms with Crippen molar-refractivity contribution in [3.8, 4) is 5.75 Å². The zero-order chi connectivity index (χ0) is 46.2. The summed E-state index contributed by atoms with van der Waals surface area (Å²) in [6, 6.07) is 31.6. The molecule has 5 amide bonds. The van der Waals surface area contributed by atoms with Gasteiger partial charge in [0.25, 0.3) is 0 Å². The second-order valence-electron chi connectivity index (χ2n) is 16.6. The van der Waals surface area contributed by atoms with E-state index in [1.165, 1.54) is 36.0 Å². The highest BCUT2D eigenvalue weighted by atomic mass is 32.2. The molecule has 0 bridgehead atoms. The molecule has 15 nitrogen and oxygen atoms in total. The van der Waals surface area contributed by atoms with E-state index in [-0.39, 0.29) is 37.3 Å². The third kappa shape index (κ3) is 15.7. The van der Waals surface area contributed by atoms with Crippen molar-refractivity contribution in [3.05, 3.63) is 138 Å². The van der Waals surface area contributed by atoms with Gasteiger partial charge in [0.15, 0.2) is 0 Å². The van der Waals surface area contributed by atoms with Gasteiger partial charge in [0.2, 0.25) is 11.8 Å². The molecule has 7 N–H and O–H groups in total. The molecule has 4 aromatic rings. The van der Waals surface area contributed by atoms with Gasteiger partial charge in [-0.2, -0.15) is 0 Å². The number of nitrogens with one attached hydrogen (secondary N) is 4. The normalized spacial score (nSPS) is 13.0. The average molecular weight is 884 g/mol. The van der Waals surface area contributed by atoms with Crippen LogP contribution in [0.4, 0.5) is 14.4 Å². The molecule has 0 aliphatic carbocycles. The van der Waals surface area contributed by atoms with Crippen LogP contribution >= 0.6 is 11.8 Å². The Morgan fingerprint density at radius 1 is 0.619 bits per heavy atom. The first-order valence-electron chi connectivity index (χ1n) is 20.4. The van der Waals surface area contributed by atoms with Crippen LogP contribution in [-0.2, 0) is 35.0 Å². The van der Waals surface area contributed by atoms with Gasteiger partial charge in [0.05, 0.1) is 4.75 Å². The predicted molar refractivity (Wildman–Crippen MR) is 240 cm³/mol. The number of carboxylic acids is 1. The smallest absolute Gasteiger partial charge is 0.413 e. The molecule has 336 valence electrons. The first-order valence-corrected chi connectivity index (χ1v) is 21.4. The molecule has 0 fully saturated rings. The third-order valence-corrected chi connectivity index (χ3v) is 10.8. The van der Waals surface area contributed by atoms with Gasteiger partial charge < -0.3 is 46.3 Å². The Labute approximate surface area is 372 Å². The van der Waals surface area contributed by atoms with E-state index in [2.05, 4.69) is 21.3 Å². The monoisotopic (exact) mass is 883 g/mol. The number of carboxylic acid groups (broad SMARTS) is 1. The molecule has 3 unspecified atom stereocenters. The highest BCUT2D eigenvalue weighted by Gasteiger charge is 2.39. The van der Waals surface area contributed by atoms with Crippen LogP contribution in [0.1, 0.15) is 76.6 Å². The molecule has 0 aliphatic heterocycles. The van der Waals surface area contributed by atoms with Crippen molar-refractivity contribution in [3.63, 3.8) is 0 Å². The lowest BCUT2D eigenvalue weighted by Crippen LogP contribution is -2.54. The van der Waals surface area contributed by atoms with E-state index < -0.39 is 70.1 Å². The molecular weight excluding hydrogens is 827 g/mol. The van der Waals surface area contributed by atoms with Gasteiger partial charge in [0.1, 0.15) is 35.1 Å². The number of carbonyl (C=O) groups is 6. The summed E-state index contributed by atoms with van der Waals surface area (Å²) in [5, 5.41) is 20.0. The number of thioether (sulfide) groups is 1. The fourth-order valence-electron chi connectivity index (χ4n) is 6.38. The number of amides is 5. The Balaban J connectivity index is 1.52. The number of benzene rings is 4. The maximum absolute atomic E-state index is 14.1. The Bertz CT molecular complexity index is 2050. The third-order valence-electron chi connectivity index (χ3n) is 9.18. The number of nitrogens with two attached hydrogens (primary N) is 1. The molecule has 0 heterocycles. The number of aliphatic carboxylic acids is 1. The zero-order valence-corrected chi connectivity index (χ0v) is 37.2. The van der Waals surface area contributed by atoms with Gasteiger partial charge >= 0.3 is 24.2 Å². The lowest BCUT2D eigenvalue weighted by Gasteiger charge is -2.36. The topological polar surface area (TPSA) is 224 Å². The molecule has 4 rings (SSSR count). The number of alkyl carbamates (subject to hydrolysis) is 2. The van der Waals surface area contributed by atoms with E-state index in [0.29, 0.717) is 5.56 Å². The Kier molecular flexibility index (Phi) is 17.6. The molecule has 0 saturated heterocycles. The molecule has 0 radical (unpaired) electrons. The SMILES string of the molecule is CC(C)(C)OC(=O)NCCCC(NC(=O)Oc1ccc(CC(NC(=O)OC(C)(C)C)C(=O)O)cc1)C(=O)NC(CSC(c1ccccc1)(c1ccccc1)c1ccccc1)C(N)=O. The van der Waals surface area contributed by atoms with E-state index in [0.717, 1.165) is 16.7 Å². The minimum atomic E-state index is -1.30. The zero-order valence-electron chi connectivity index (χ0n) is 36.3. The lowest BCUT2D eigenvalue weighted by molar-refractivity contribution is -0.139. The predicted octanol–water partition coefficient (Wildman–Crippen LogP) is 6.66. The summed E-state index contributed by atoms with van der Waals surface area (Å²) in [5.41, 5.74) is 7.71. The van der Waals surface area contributed by atoms with Gasteiger partial charge in [-0.15, -0.1) is 11.8 Å². The summed E-state index contributed by atoms with van der Waals surface area (Å²) in [6.45, 7) is 10.2. The number of ether oxygens (including phenoxy) is 3. The van der Waals surface area contributed by atoms with E-state index in [4.69, 9.17) is 19.9 Å². The van der Waals surface area contributed by atoms with Crippen molar-refractivity contribution >= 4 is 47.8 Å². The fraction of sp³-hybridized carbons (Fsp3) is 0.362. The number of carbonyl (C=O) groups excluding carboxylic acids is 5. The van der Waals surface area contributed by atoms with Crippen LogP contribution in [0, 0.1) is 0 Å². The van der Waals surface area contributed by atoms with Crippen molar-refractivity contribution in [2.45, 2.75) is 94.9 Å². The van der Waals surface area contributed by atoms with Crippen LogP contribution < -0.4 is 31.7 Å². The number of primary amides is 1. The minimum Gasteiger partial charge on any atom is -0.480 e. The van der Waals surface area contributed by atoms with Gasteiger partial charge in [0, 0.05) is 18.7 Å². The second-order valence-corrected chi connectivity index (χ2v) is 17.8. The van der Waals surface area contributed by atoms with Crippen molar-refractivity contribution in [1.82, 2.24) is 21.3 Å². The summed E-state index contributed by atoms with van der Waals surface area (Å²) in [6.07, 6.45) is -2.41. The Hall–Kier alpha value is -6.55. The van der Waals surface area contributed by atoms with Crippen LogP contribution in [0.2, 0.25) is 0 Å². The van der Waals surface area contributed by atoms with Crippen molar-refractivity contribution in [2.75, 3.05) is 12.3 Å². The Morgan fingerprint density at radius 2 is 1.10 bits per heavy atom. The second kappa shape index (κ2) is 22.5. The van der Waals surface area contributed by atoms with Crippen molar-refractivity contribution in [1.29, 1.82) is 0 Å². The van der Waals surface area contributed by atoms with E-state index in [1.54, 1.807) is 41.5 Å². The van der Waals surface area contributed by atoms with E-state index in [1.807, 2.05) is 91.0 Å². The van der Waals surface area contributed by atoms with Crippen LogP contribution in [0.25, 0.3) is 0 Å². The largest absolute Gasteiger partial charge is 0.480 e. The van der Waals surface area contributed by atoms with Gasteiger partial charge in [-0.3, -0.25) is 9.59 Å². The molecule has 0 aliphatic rings. The Morgan fingerprint density at radius 3 is 1.56 bits per heavy atom. The summed E-state index contributed by atoms with van der Waals surface area (Å²) < 4.78 is 15.1. The van der Waals surface area contributed by atoms with Crippen LogP contribution in [-0.4, -0.2) is 82.8 Å². The van der Waals surface area contributed by atoms with Gasteiger partial charge in [-0.25, -0.2) is 19.2 Å². The molecule has 4 aromatic carbocycles. The van der Waals surface area contributed by atoms with Gasteiger partial charge in [-0.05, 0) is 88.8 Å². The van der Waals surface area contributed by atoms with Crippen LogP contribution in [0.15, 0.2) is 115 Å². The molecule has 63 heavy (non-hydrogen) atoms. The minimum absolute atomic E-state index is 0.0114. The lowest BCUT2D eigenvalue weighted by atomic mass is 9.84. The molecule has 0 saturated carbocycles. The highest BCUT2D eigenvalue weighted by molar-refractivity contribution is 8.00. The number of hydrogen-bond acceptors (Lipinski definition) is 10. The fourth-order valence-corrected chi connectivity index (χ4v) is 7.95. The van der Waals surface area contributed by atoms with E-state index >= 15 is 0 Å². The van der Waals surface area contributed by atoms with Gasteiger partial charge in [-0.1, -0.05) is 103 Å². The standard InChI is InChI=1S/C47H57N5O10S/c1-45(2,3)61-42(57)49-28-16-23-36(51-43(58)60-35-26-24-31(25-27-35)29-37(41(55)56)52-44(59)62-46(4,5)6)40(54)50-38(39(48)53)30-63-47(32-17-10-7-11-18-32,33-19-12-8-13-20-33)34-21-14-9-15-22-34/h7-15,17-22,24-27,36-38H,16,23,28-30H2,1-6H3,(H2,48,53)(H,49,57)(H,50,54)(H,51,58)(H,52,59)(H,55,56). The molecule has 3 atom stereocenters. The molecule has 0 aromatic heterocycles. The average Bonchev–Trinajstić information content (AvgIpc) is 3.21.